The summed E-state index contributed by atoms with van der Waals surface area (Å²) in [6.07, 6.45) is 8.40. The lowest BCUT2D eigenvalue weighted by atomic mass is 10.7. The van der Waals surface area contributed by atoms with Crippen molar-refractivity contribution >= 4 is 24.9 Å². The van der Waals surface area contributed by atoms with Crippen molar-refractivity contribution in [1.82, 2.24) is 0 Å². The van der Waals surface area contributed by atoms with Gasteiger partial charge in [0.05, 0.1) is 0 Å². The van der Waals surface area contributed by atoms with Crippen LogP contribution in [0.25, 0.3) is 0 Å². The zero-order valence-corrected chi connectivity index (χ0v) is 12.1. The Hall–Kier alpha value is -1.03. The fourth-order valence-electron chi connectivity index (χ4n) is 1.59. The average molecular weight is 356 g/mol. The second-order valence-corrected chi connectivity index (χ2v) is 4.20. The van der Waals surface area contributed by atoms with Gasteiger partial charge in [0, 0.05) is 0 Å². The highest BCUT2D eigenvalue weighted by molar-refractivity contribution is 6.11. The average Bonchev–Trinajstić information content (AvgIpc) is 2.88. The molecule has 0 saturated heterocycles. The van der Waals surface area contributed by atoms with E-state index in [-0.39, 0.29) is 57.0 Å². The van der Waals surface area contributed by atoms with Crippen molar-refractivity contribution in [2.24, 2.45) is 0 Å². The quantitative estimate of drug-likeness (QED) is 0.634. The molecule has 0 aromatic rings. The Balaban J connectivity index is -0.0000000341. The van der Waals surface area contributed by atoms with Crippen molar-refractivity contribution in [2.75, 3.05) is 40.5 Å². The highest BCUT2D eigenvalue weighted by atomic mass is 35.5. The fourth-order valence-corrected chi connectivity index (χ4v) is 1.59. The predicted octanol–water partition coefficient (Wildman–Crippen LogP) is 0.368. The van der Waals surface area contributed by atoms with Crippen LogP contribution in [0.15, 0.2) is 0 Å². The van der Waals surface area contributed by atoms with E-state index in [0.29, 0.717) is 0 Å². The maximum Gasteiger partial charge on any atom is 0.334 e. The molecular weight excluding hydrogens is 308 g/mol. The maximum absolute atomic E-state index is 2.25. The Morgan fingerprint density at radius 2 is 0.870 bits per heavy atom. The molecule has 0 atom stereocenters. The summed E-state index contributed by atoms with van der Waals surface area (Å²) in [4.78, 5) is 0. The second kappa shape index (κ2) is 23.2. The van der Waals surface area contributed by atoms with Gasteiger partial charge in [-0.1, -0.05) is 44.6 Å². The third-order valence-corrected chi connectivity index (χ3v) is 2.69. The standard InChI is InChI=1S/2C6H12N2.6CH4.ClH/c2*1-3-8-5-4-7(2)6-8;;;;;;;/h2*4-5H,3,6H2,1-2H3;6*1H4;1H/q2*+2;;;;;;;/p-1. The van der Waals surface area contributed by atoms with Crippen molar-refractivity contribution in [3.63, 3.8) is 0 Å². The molecule has 2 aliphatic rings. The Kier molecular flexibility index (Phi) is 43.6. The lowest BCUT2D eigenvalue weighted by Crippen LogP contribution is -3.00. The molecule has 4 nitrogen and oxygen atoms in total. The highest BCUT2D eigenvalue weighted by Crippen LogP contribution is 1.79. The van der Waals surface area contributed by atoms with Crippen molar-refractivity contribution < 1.29 is 30.7 Å². The first-order chi connectivity index (χ1) is 7.65. The number of hydrogen-bond donors (Lipinski definition) is 0. The van der Waals surface area contributed by atoms with Gasteiger partial charge in [0.25, 0.3) is 0 Å². The van der Waals surface area contributed by atoms with Crippen LogP contribution in [-0.4, -0.2) is 83.7 Å². The van der Waals surface area contributed by atoms with E-state index in [0.717, 1.165) is 26.4 Å². The zero-order valence-electron chi connectivity index (χ0n) is 11.3. The van der Waals surface area contributed by atoms with Crippen LogP contribution in [0.1, 0.15) is 58.4 Å². The molecule has 0 N–H and O–H groups in total. The molecule has 144 valence electrons. The van der Waals surface area contributed by atoms with Crippen molar-refractivity contribution in [3.8, 4) is 0 Å². The summed E-state index contributed by atoms with van der Waals surface area (Å²) < 4.78 is 8.81. The normalized spacial score (nSPS) is 12.7. The van der Waals surface area contributed by atoms with E-state index in [4.69, 9.17) is 0 Å². The Morgan fingerprint density at radius 1 is 0.609 bits per heavy atom. The van der Waals surface area contributed by atoms with Crippen LogP contribution in [0.2, 0.25) is 0 Å². The first-order valence-electron chi connectivity index (χ1n) is 5.91. The molecule has 0 bridgehead atoms. The first-order valence-corrected chi connectivity index (χ1v) is 5.91. The van der Waals surface area contributed by atoms with Crippen LogP contribution in [0.5, 0.6) is 0 Å². The van der Waals surface area contributed by atoms with Crippen molar-refractivity contribution in [3.05, 3.63) is 0 Å². The molecule has 5 heteroatoms. The summed E-state index contributed by atoms with van der Waals surface area (Å²) >= 11 is 0. The molecule has 0 radical (unpaired) electrons. The third kappa shape index (κ3) is 17.2. The fraction of sp³-hybridized carbons (Fsp3) is 0.778. The van der Waals surface area contributed by atoms with Gasteiger partial charge < -0.3 is 12.4 Å². The summed E-state index contributed by atoms with van der Waals surface area (Å²) in [7, 11) is 4.15. The number of hydrogen-bond acceptors (Lipinski definition) is 0. The van der Waals surface area contributed by atoms with Gasteiger partial charge in [0.15, 0.2) is 0 Å². The van der Waals surface area contributed by atoms with Crippen molar-refractivity contribution in [1.29, 1.82) is 0 Å². The van der Waals surface area contributed by atoms with Crippen LogP contribution >= 0.6 is 0 Å². The molecule has 2 rings (SSSR count). The minimum atomic E-state index is 0. The first kappa shape index (κ1) is 43.1. The second-order valence-electron chi connectivity index (χ2n) is 4.20. The van der Waals surface area contributed by atoms with E-state index in [2.05, 4.69) is 71.1 Å². The van der Waals surface area contributed by atoms with E-state index < -0.39 is 0 Å². The largest absolute Gasteiger partial charge is 1.00 e. The smallest absolute Gasteiger partial charge is 0.334 e. The van der Waals surface area contributed by atoms with Gasteiger partial charge in [0.2, 0.25) is 24.9 Å². The van der Waals surface area contributed by atoms with E-state index in [1.54, 1.807) is 0 Å². The van der Waals surface area contributed by atoms with Gasteiger partial charge in [-0.15, -0.1) is 0 Å². The molecule has 0 unspecified atom stereocenters. The van der Waals surface area contributed by atoms with Crippen LogP contribution in [0, 0.1) is 0 Å². The van der Waals surface area contributed by atoms with Crippen LogP contribution in [-0.2, 0) is 0 Å². The molecule has 23 heavy (non-hydrogen) atoms. The Morgan fingerprint density at radius 3 is 0.957 bits per heavy atom. The molecule has 0 aliphatic carbocycles. The Labute approximate surface area is 155 Å². The Bertz CT molecular complexity index is 333. The third-order valence-electron chi connectivity index (χ3n) is 2.69. The summed E-state index contributed by atoms with van der Waals surface area (Å²) in [5, 5.41) is 0. The number of rotatable bonds is 2. The van der Waals surface area contributed by atoms with Crippen molar-refractivity contribution in [2.45, 2.75) is 58.4 Å². The highest BCUT2D eigenvalue weighted by Gasteiger charge is 2.12. The summed E-state index contributed by atoms with van der Waals surface area (Å²) in [5.74, 6) is 0. The molecule has 0 fully saturated rings. The van der Waals surface area contributed by atoms with Gasteiger partial charge >= 0.3 is 13.3 Å². The SMILES string of the molecule is C.C.C.C.C.C.CC[N+]1=CC=[N+](C)C1.CC[N+]1=CC=[N+](C)C1.[Cl-]. The molecule has 2 aliphatic heterocycles. The topological polar surface area (TPSA) is 12.0 Å². The maximum atomic E-state index is 2.25. The van der Waals surface area contributed by atoms with Gasteiger partial charge in [-0.2, -0.15) is 18.3 Å². The van der Waals surface area contributed by atoms with Crippen LogP contribution in [0.4, 0.5) is 0 Å². The molecule has 0 spiro atoms. The molecular formula is C18H48ClN4+3. The van der Waals surface area contributed by atoms with E-state index in [9.17, 15) is 0 Å². The van der Waals surface area contributed by atoms with Gasteiger partial charge in [-0.3, -0.25) is 0 Å². The summed E-state index contributed by atoms with van der Waals surface area (Å²) in [6, 6.07) is 0. The number of nitrogens with zero attached hydrogens (tertiary/aromatic N) is 4. The lowest BCUT2D eigenvalue weighted by molar-refractivity contribution is -0.698. The van der Waals surface area contributed by atoms with E-state index >= 15 is 0 Å². The lowest BCUT2D eigenvalue weighted by Gasteiger charge is -1.85. The molecule has 0 saturated carbocycles. The van der Waals surface area contributed by atoms with Crippen LogP contribution < -0.4 is 12.4 Å². The van der Waals surface area contributed by atoms with Crippen LogP contribution in [0.3, 0.4) is 0 Å². The summed E-state index contributed by atoms with van der Waals surface area (Å²) in [5.41, 5.74) is 0. The minimum Gasteiger partial charge on any atom is -1.00 e. The zero-order chi connectivity index (χ0) is 12.0. The molecule has 0 aromatic heterocycles. The van der Waals surface area contributed by atoms with Gasteiger partial charge in [-0.05, 0) is 13.8 Å². The minimum absolute atomic E-state index is 0. The predicted molar refractivity (Wildman–Crippen MR) is 108 cm³/mol. The monoisotopic (exact) mass is 355 g/mol. The van der Waals surface area contributed by atoms with E-state index in [1.807, 2.05) is 0 Å². The van der Waals surface area contributed by atoms with Gasteiger partial charge in [0.1, 0.15) is 27.2 Å². The number of halogens is 1. The molecule has 0 aromatic carbocycles. The molecule has 2 heterocycles. The van der Waals surface area contributed by atoms with Gasteiger partial charge in [-0.25, -0.2) is 0 Å². The van der Waals surface area contributed by atoms with E-state index in [1.165, 1.54) is 0 Å². The molecule has 0 amide bonds. The summed E-state index contributed by atoms with van der Waals surface area (Å²) in [6.45, 7) is 8.64.